The molecule has 0 spiro atoms. The Bertz CT molecular complexity index is 420. The van der Waals surface area contributed by atoms with Crippen molar-refractivity contribution < 1.29 is 19.7 Å². The zero-order valence-electron chi connectivity index (χ0n) is 11.6. The molecule has 0 radical (unpaired) electrons. The third-order valence-electron chi connectivity index (χ3n) is 4.16. The first-order valence-corrected chi connectivity index (χ1v) is 6.81. The molecule has 4 unspecified atom stereocenters. The van der Waals surface area contributed by atoms with Crippen molar-refractivity contribution in [2.75, 3.05) is 0 Å². The zero-order valence-corrected chi connectivity index (χ0v) is 11.6. The van der Waals surface area contributed by atoms with Crippen molar-refractivity contribution >= 4 is 5.97 Å². The molecule has 0 aromatic heterocycles. The van der Waals surface area contributed by atoms with Crippen molar-refractivity contribution in [1.29, 1.82) is 0 Å². The monoisotopic (exact) mass is 266 g/mol. The van der Waals surface area contributed by atoms with Gasteiger partial charge in [0.2, 0.25) is 0 Å². The Morgan fingerprint density at radius 1 is 1.63 bits per heavy atom. The number of carbonyl (C=O) groups excluding carboxylic acids is 1. The average Bonchev–Trinajstić information content (AvgIpc) is 2.48. The molecule has 4 atom stereocenters. The van der Waals surface area contributed by atoms with E-state index in [9.17, 15) is 15.0 Å². The fourth-order valence-corrected chi connectivity index (χ4v) is 2.90. The molecule has 1 saturated heterocycles. The van der Waals surface area contributed by atoms with E-state index in [4.69, 9.17) is 4.74 Å². The van der Waals surface area contributed by atoms with Gasteiger partial charge in [-0.1, -0.05) is 12.7 Å². The SMILES string of the molecule is C=C1C(=O)OC2CC(C)(O)C(CCC(C)O)=CCC12. The Morgan fingerprint density at radius 3 is 2.95 bits per heavy atom. The van der Waals surface area contributed by atoms with Crippen molar-refractivity contribution in [3.8, 4) is 0 Å². The Hall–Kier alpha value is -1.13. The molecule has 4 nitrogen and oxygen atoms in total. The van der Waals surface area contributed by atoms with Gasteiger partial charge in [-0.3, -0.25) is 0 Å². The van der Waals surface area contributed by atoms with Crippen molar-refractivity contribution in [2.45, 2.75) is 57.3 Å². The number of hydrogen-bond acceptors (Lipinski definition) is 4. The van der Waals surface area contributed by atoms with Crippen LogP contribution in [0.2, 0.25) is 0 Å². The molecule has 0 amide bonds. The van der Waals surface area contributed by atoms with E-state index in [-0.39, 0.29) is 24.1 Å². The molecule has 19 heavy (non-hydrogen) atoms. The highest BCUT2D eigenvalue weighted by Crippen LogP contribution is 2.41. The second-order valence-corrected chi connectivity index (χ2v) is 5.91. The third kappa shape index (κ3) is 2.90. The number of rotatable bonds is 3. The summed E-state index contributed by atoms with van der Waals surface area (Å²) in [5.74, 6) is -0.366. The summed E-state index contributed by atoms with van der Waals surface area (Å²) in [4.78, 5) is 11.5. The highest BCUT2D eigenvalue weighted by Gasteiger charge is 2.44. The van der Waals surface area contributed by atoms with Gasteiger partial charge >= 0.3 is 5.97 Å². The van der Waals surface area contributed by atoms with Crippen LogP contribution in [0.4, 0.5) is 0 Å². The van der Waals surface area contributed by atoms with Gasteiger partial charge in [-0.15, -0.1) is 0 Å². The topological polar surface area (TPSA) is 66.8 Å². The van der Waals surface area contributed by atoms with Gasteiger partial charge in [-0.2, -0.15) is 0 Å². The molecule has 4 heteroatoms. The summed E-state index contributed by atoms with van der Waals surface area (Å²) in [5, 5.41) is 19.9. The summed E-state index contributed by atoms with van der Waals surface area (Å²) >= 11 is 0. The Morgan fingerprint density at radius 2 is 2.32 bits per heavy atom. The number of esters is 1. The largest absolute Gasteiger partial charge is 0.458 e. The number of carbonyl (C=O) groups is 1. The lowest BCUT2D eigenvalue weighted by atomic mass is 9.86. The number of allylic oxidation sites excluding steroid dienone is 1. The lowest BCUT2D eigenvalue weighted by Gasteiger charge is -2.28. The molecule has 1 aliphatic heterocycles. The van der Waals surface area contributed by atoms with Crippen LogP contribution in [0.25, 0.3) is 0 Å². The first-order valence-electron chi connectivity index (χ1n) is 6.81. The maximum absolute atomic E-state index is 11.5. The summed E-state index contributed by atoms with van der Waals surface area (Å²) in [7, 11) is 0. The molecular weight excluding hydrogens is 244 g/mol. The van der Waals surface area contributed by atoms with Gasteiger partial charge in [0.15, 0.2) is 0 Å². The Labute approximate surface area is 113 Å². The average molecular weight is 266 g/mol. The maximum Gasteiger partial charge on any atom is 0.334 e. The van der Waals surface area contributed by atoms with Crippen LogP contribution >= 0.6 is 0 Å². The minimum atomic E-state index is -0.987. The lowest BCUT2D eigenvalue weighted by molar-refractivity contribution is -0.140. The number of fused-ring (bicyclic) bond motifs is 1. The van der Waals surface area contributed by atoms with E-state index < -0.39 is 5.60 Å². The summed E-state index contributed by atoms with van der Waals surface area (Å²) in [6.07, 6.45) is 3.67. The van der Waals surface area contributed by atoms with Crippen molar-refractivity contribution in [3.63, 3.8) is 0 Å². The molecule has 2 rings (SSSR count). The lowest BCUT2D eigenvalue weighted by Crippen LogP contribution is -2.33. The quantitative estimate of drug-likeness (QED) is 0.464. The predicted octanol–water partition coefficient (Wildman–Crippen LogP) is 1.72. The normalized spacial score (nSPS) is 36.3. The van der Waals surface area contributed by atoms with Gasteiger partial charge in [-0.05, 0) is 38.7 Å². The van der Waals surface area contributed by atoms with Gasteiger partial charge in [0.1, 0.15) is 6.10 Å². The molecule has 0 aromatic rings. The number of aliphatic hydroxyl groups is 2. The summed E-state index contributed by atoms with van der Waals surface area (Å²) in [6, 6.07) is 0. The smallest absolute Gasteiger partial charge is 0.334 e. The fraction of sp³-hybridized carbons (Fsp3) is 0.667. The van der Waals surface area contributed by atoms with Gasteiger partial charge in [0.05, 0.1) is 11.7 Å². The molecule has 2 aliphatic rings. The van der Waals surface area contributed by atoms with Crippen LogP contribution in [0.15, 0.2) is 23.8 Å². The van der Waals surface area contributed by atoms with Crippen LogP contribution in [0.3, 0.4) is 0 Å². The van der Waals surface area contributed by atoms with Crippen molar-refractivity contribution in [3.05, 3.63) is 23.8 Å². The molecule has 1 fully saturated rings. The second-order valence-electron chi connectivity index (χ2n) is 5.91. The summed E-state index contributed by atoms with van der Waals surface area (Å²) in [6.45, 7) is 7.27. The van der Waals surface area contributed by atoms with Crippen LogP contribution < -0.4 is 0 Å². The fourth-order valence-electron chi connectivity index (χ4n) is 2.90. The minimum absolute atomic E-state index is 0.0250. The standard InChI is InChI=1S/C15H22O4/c1-9(16)4-5-11-6-7-12-10(2)14(17)19-13(12)8-15(11,3)18/h6,9,12-13,16,18H,2,4-5,7-8H2,1,3H3. The third-order valence-corrected chi connectivity index (χ3v) is 4.16. The number of ether oxygens (including phenoxy) is 1. The van der Waals surface area contributed by atoms with E-state index in [1.807, 2.05) is 6.08 Å². The van der Waals surface area contributed by atoms with E-state index in [1.54, 1.807) is 13.8 Å². The van der Waals surface area contributed by atoms with Crippen LogP contribution in [-0.2, 0) is 9.53 Å². The van der Waals surface area contributed by atoms with Gasteiger partial charge in [0, 0.05) is 17.9 Å². The molecule has 0 bridgehead atoms. The van der Waals surface area contributed by atoms with E-state index in [2.05, 4.69) is 6.58 Å². The number of aliphatic hydroxyl groups excluding tert-OH is 1. The van der Waals surface area contributed by atoms with Crippen LogP contribution in [-0.4, -0.2) is 34.0 Å². The van der Waals surface area contributed by atoms with E-state index in [0.717, 1.165) is 5.57 Å². The zero-order chi connectivity index (χ0) is 14.2. The molecule has 1 aliphatic carbocycles. The van der Waals surface area contributed by atoms with Crippen LogP contribution in [0, 0.1) is 5.92 Å². The molecule has 0 saturated carbocycles. The first-order chi connectivity index (χ1) is 8.81. The van der Waals surface area contributed by atoms with Gasteiger partial charge < -0.3 is 14.9 Å². The predicted molar refractivity (Wildman–Crippen MR) is 71.4 cm³/mol. The van der Waals surface area contributed by atoms with Crippen molar-refractivity contribution in [1.82, 2.24) is 0 Å². The number of hydrogen-bond donors (Lipinski definition) is 2. The molecule has 0 aromatic carbocycles. The summed E-state index contributed by atoms with van der Waals surface area (Å²) in [5.41, 5.74) is 0.444. The highest BCUT2D eigenvalue weighted by molar-refractivity contribution is 5.90. The summed E-state index contributed by atoms with van der Waals surface area (Å²) < 4.78 is 5.29. The van der Waals surface area contributed by atoms with Crippen LogP contribution in [0.5, 0.6) is 0 Å². The molecule has 2 N–H and O–H groups in total. The highest BCUT2D eigenvalue weighted by atomic mass is 16.6. The van der Waals surface area contributed by atoms with Crippen molar-refractivity contribution in [2.24, 2.45) is 5.92 Å². The molecular formula is C15H22O4. The van der Waals surface area contributed by atoms with E-state index >= 15 is 0 Å². The molecule has 106 valence electrons. The second kappa shape index (κ2) is 5.10. The van der Waals surface area contributed by atoms with Gasteiger partial charge in [-0.25, -0.2) is 4.79 Å². The Kier molecular flexibility index (Phi) is 3.83. The van der Waals surface area contributed by atoms with Crippen LogP contribution in [0.1, 0.15) is 39.5 Å². The Balaban J connectivity index is 2.16. The first kappa shape index (κ1) is 14.3. The van der Waals surface area contributed by atoms with Gasteiger partial charge in [0.25, 0.3) is 0 Å². The van der Waals surface area contributed by atoms with E-state index in [1.165, 1.54) is 0 Å². The maximum atomic E-state index is 11.5. The minimum Gasteiger partial charge on any atom is -0.458 e. The molecule has 1 heterocycles. The van der Waals surface area contributed by atoms with E-state index in [0.29, 0.717) is 31.3 Å².